The first-order chi connectivity index (χ1) is 5.42. The standard InChI is InChI=1S/C8H5N3/c1-2-6-3-9-4-7-8(6)11-5-10-7/h1,3-5H,(H,10,11). The van der Waals surface area contributed by atoms with Crippen molar-refractivity contribution < 1.29 is 0 Å². The monoisotopic (exact) mass is 143 g/mol. The molecule has 0 saturated carbocycles. The van der Waals surface area contributed by atoms with Crippen molar-refractivity contribution in [1.82, 2.24) is 15.0 Å². The minimum absolute atomic E-state index is 0.726. The van der Waals surface area contributed by atoms with E-state index in [1.54, 1.807) is 18.7 Å². The first-order valence-electron chi connectivity index (χ1n) is 3.15. The lowest BCUT2D eigenvalue weighted by Gasteiger charge is -1.89. The molecule has 0 aliphatic carbocycles. The highest BCUT2D eigenvalue weighted by Crippen LogP contribution is 2.10. The van der Waals surface area contributed by atoms with Gasteiger partial charge in [0, 0.05) is 6.20 Å². The third-order valence-electron chi connectivity index (χ3n) is 1.49. The molecule has 0 aliphatic heterocycles. The quantitative estimate of drug-likeness (QED) is 0.557. The molecule has 0 spiro atoms. The maximum atomic E-state index is 5.23. The van der Waals surface area contributed by atoms with Gasteiger partial charge in [0.1, 0.15) is 5.52 Å². The number of terminal acetylenes is 1. The number of fused-ring (bicyclic) bond motifs is 1. The number of aromatic amines is 1. The fourth-order valence-electron chi connectivity index (χ4n) is 0.970. The Labute approximate surface area is 63.5 Å². The van der Waals surface area contributed by atoms with E-state index in [1.165, 1.54) is 0 Å². The molecule has 2 rings (SSSR count). The molecule has 2 heterocycles. The molecule has 3 nitrogen and oxygen atoms in total. The van der Waals surface area contributed by atoms with Crippen LogP contribution in [0.25, 0.3) is 11.0 Å². The zero-order chi connectivity index (χ0) is 7.68. The van der Waals surface area contributed by atoms with Crippen LogP contribution >= 0.6 is 0 Å². The summed E-state index contributed by atoms with van der Waals surface area (Å²) < 4.78 is 0. The third kappa shape index (κ3) is 0.767. The van der Waals surface area contributed by atoms with Gasteiger partial charge in [0.2, 0.25) is 0 Å². The first-order valence-corrected chi connectivity index (χ1v) is 3.15. The molecule has 0 unspecified atom stereocenters. The zero-order valence-electron chi connectivity index (χ0n) is 5.70. The Balaban J connectivity index is 2.92. The lowest BCUT2D eigenvalue weighted by Crippen LogP contribution is -1.79. The molecule has 0 bridgehead atoms. The minimum Gasteiger partial charge on any atom is -0.343 e. The molecule has 1 N–H and O–H groups in total. The van der Waals surface area contributed by atoms with Crippen molar-refractivity contribution in [3.8, 4) is 12.3 Å². The van der Waals surface area contributed by atoms with E-state index in [0.29, 0.717) is 0 Å². The molecule has 0 fully saturated rings. The largest absolute Gasteiger partial charge is 0.343 e. The molecule has 0 radical (unpaired) electrons. The molecule has 0 amide bonds. The molecule has 2 aromatic heterocycles. The lowest BCUT2D eigenvalue weighted by atomic mass is 10.2. The van der Waals surface area contributed by atoms with E-state index in [9.17, 15) is 0 Å². The molecular weight excluding hydrogens is 138 g/mol. The fraction of sp³-hybridized carbons (Fsp3) is 0. The summed E-state index contributed by atoms with van der Waals surface area (Å²) in [6.45, 7) is 0. The number of H-pyrrole nitrogens is 1. The second-order valence-corrected chi connectivity index (χ2v) is 2.13. The number of nitrogens with one attached hydrogen (secondary N) is 1. The summed E-state index contributed by atoms with van der Waals surface area (Å²) in [5.74, 6) is 2.51. The number of rotatable bonds is 0. The van der Waals surface area contributed by atoms with Gasteiger partial charge in [-0.25, -0.2) is 4.98 Å². The van der Waals surface area contributed by atoms with Crippen LogP contribution in [0, 0.1) is 12.3 Å². The van der Waals surface area contributed by atoms with Crippen molar-refractivity contribution in [2.75, 3.05) is 0 Å². The number of hydrogen-bond acceptors (Lipinski definition) is 2. The van der Waals surface area contributed by atoms with Crippen LogP contribution in [0.4, 0.5) is 0 Å². The third-order valence-corrected chi connectivity index (χ3v) is 1.49. The summed E-state index contributed by atoms with van der Waals surface area (Å²) in [5.41, 5.74) is 2.41. The van der Waals surface area contributed by atoms with Crippen LogP contribution in [0.1, 0.15) is 5.56 Å². The molecule has 0 aliphatic rings. The van der Waals surface area contributed by atoms with Crippen LogP contribution in [0.15, 0.2) is 18.7 Å². The topological polar surface area (TPSA) is 41.6 Å². The number of imidazole rings is 1. The Morgan fingerprint density at radius 2 is 2.36 bits per heavy atom. The van der Waals surface area contributed by atoms with Crippen LogP contribution in [0.5, 0.6) is 0 Å². The van der Waals surface area contributed by atoms with Gasteiger partial charge in [0.25, 0.3) is 0 Å². The van der Waals surface area contributed by atoms with Crippen molar-refractivity contribution in [2.45, 2.75) is 0 Å². The van der Waals surface area contributed by atoms with Crippen molar-refractivity contribution in [3.05, 3.63) is 24.3 Å². The van der Waals surface area contributed by atoms with Crippen LogP contribution in [0.2, 0.25) is 0 Å². The maximum Gasteiger partial charge on any atom is 0.107 e. The van der Waals surface area contributed by atoms with Gasteiger partial charge in [-0.3, -0.25) is 4.98 Å². The Kier molecular flexibility index (Phi) is 1.13. The highest BCUT2D eigenvalue weighted by atomic mass is 14.9. The Bertz CT molecular complexity index is 422. The van der Waals surface area contributed by atoms with E-state index in [-0.39, 0.29) is 0 Å². The van der Waals surface area contributed by atoms with Crippen molar-refractivity contribution in [1.29, 1.82) is 0 Å². The first kappa shape index (κ1) is 5.93. The lowest BCUT2D eigenvalue weighted by molar-refractivity contribution is 1.33. The Hall–Kier alpha value is -1.82. The highest BCUT2D eigenvalue weighted by Gasteiger charge is 1.99. The van der Waals surface area contributed by atoms with Gasteiger partial charge < -0.3 is 4.98 Å². The summed E-state index contributed by atoms with van der Waals surface area (Å²) in [6, 6.07) is 0. The van der Waals surface area contributed by atoms with Crippen LogP contribution in [-0.4, -0.2) is 15.0 Å². The highest BCUT2D eigenvalue weighted by molar-refractivity contribution is 5.79. The Morgan fingerprint density at radius 3 is 3.18 bits per heavy atom. The zero-order valence-corrected chi connectivity index (χ0v) is 5.70. The van der Waals surface area contributed by atoms with Gasteiger partial charge in [-0.1, -0.05) is 5.92 Å². The van der Waals surface area contributed by atoms with E-state index in [0.717, 1.165) is 16.6 Å². The molecule has 0 saturated heterocycles. The molecule has 0 aromatic carbocycles. The molecular formula is C8H5N3. The van der Waals surface area contributed by atoms with Gasteiger partial charge in [0.15, 0.2) is 0 Å². The second kappa shape index (κ2) is 2.10. The Morgan fingerprint density at radius 1 is 1.45 bits per heavy atom. The van der Waals surface area contributed by atoms with E-state index in [1.807, 2.05) is 0 Å². The van der Waals surface area contributed by atoms with Crippen LogP contribution in [-0.2, 0) is 0 Å². The van der Waals surface area contributed by atoms with Crippen molar-refractivity contribution in [2.24, 2.45) is 0 Å². The molecule has 0 atom stereocenters. The summed E-state index contributed by atoms with van der Waals surface area (Å²) >= 11 is 0. The summed E-state index contributed by atoms with van der Waals surface area (Å²) in [6.07, 6.45) is 10.2. The average molecular weight is 143 g/mol. The summed E-state index contributed by atoms with van der Waals surface area (Å²) in [7, 11) is 0. The maximum absolute atomic E-state index is 5.23. The van der Waals surface area contributed by atoms with E-state index in [4.69, 9.17) is 6.42 Å². The molecule has 11 heavy (non-hydrogen) atoms. The van der Waals surface area contributed by atoms with Gasteiger partial charge >= 0.3 is 0 Å². The van der Waals surface area contributed by atoms with E-state index >= 15 is 0 Å². The van der Waals surface area contributed by atoms with Crippen molar-refractivity contribution >= 4 is 11.0 Å². The number of pyridine rings is 1. The number of hydrogen-bond donors (Lipinski definition) is 1. The predicted octanol–water partition coefficient (Wildman–Crippen LogP) is 0.939. The van der Waals surface area contributed by atoms with Crippen molar-refractivity contribution in [3.63, 3.8) is 0 Å². The van der Waals surface area contributed by atoms with Gasteiger partial charge in [-0.15, -0.1) is 6.42 Å². The van der Waals surface area contributed by atoms with E-state index < -0.39 is 0 Å². The van der Waals surface area contributed by atoms with Crippen LogP contribution in [0.3, 0.4) is 0 Å². The van der Waals surface area contributed by atoms with E-state index in [2.05, 4.69) is 20.9 Å². The summed E-state index contributed by atoms with van der Waals surface area (Å²) in [4.78, 5) is 10.9. The number of aromatic nitrogens is 3. The number of nitrogens with zero attached hydrogens (tertiary/aromatic N) is 2. The average Bonchev–Trinajstić information content (AvgIpc) is 2.50. The normalized spacial score (nSPS) is 9.73. The van der Waals surface area contributed by atoms with Gasteiger partial charge in [-0.05, 0) is 0 Å². The fourth-order valence-corrected chi connectivity index (χ4v) is 0.970. The predicted molar refractivity (Wildman–Crippen MR) is 41.8 cm³/mol. The van der Waals surface area contributed by atoms with Gasteiger partial charge in [-0.2, -0.15) is 0 Å². The smallest absolute Gasteiger partial charge is 0.107 e. The van der Waals surface area contributed by atoms with Gasteiger partial charge in [0.05, 0.1) is 23.6 Å². The SMILES string of the molecule is C#Cc1cncc2[nH]cnc12. The molecule has 52 valence electrons. The minimum atomic E-state index is 0.726. The molecule has 2 aromatic rings. The summed E-state index contributed by atoms with van der Waals surface area (Å²) in [5, 5.41) is 0. The van der Waals surface area contributed by atoms with Crippen LogP contribution < -0.4 is 0 Å². The second-order valence-electron chi connectivity index (χ2n) is 2.13. The molecule has 3 heteroatoms.